The van der Waals surface area contributed by atoms with E-state index in [1.165, 1.54) is 6.20 Å². The van der Waals surface area contributed by atoms with Crippen molar-refractivity contribution in [1.29, 1.82) is 0 Å². The van der Waals surface area contributed by atoms with Crippen molar-refractivity contribution in [2.24, 2.45) is 0 Å². The number of anilines is 1. The second-order valence-corrected chi connectivity index (χ2v) is 3.91. The normalized spacial score (nSPS) is 10.3. The first-order chi connectivity index (χ1) is 9.40. The molecule has 0 unspecified atom stereocenters. The van der Waals surface area contributed by atoms with Gasteiger partial charge in [0.15, 0.2) is 11.6 Å². The van der Waals surface area contributed by atoms with Crippen molar-refractivity contribution >= 4 is 17.6 Å². The molecule has 2 N–H and O–H groups in total. The Labute approximate surface area is 111 Å². The highest BCUT2D eigenvalue weighted by atomic mass is 19.2. The highest BCUT2D eigenvalue weighted by Crippen LogP contribution is 2.21. The Morgan fingerprint density at radius 1 is 1.30 bits per heavy atom. The summed E-state index contributed by atoms with van der Waals surface area (Å²) in [4.78, 5) is 22.8. The maximum absolute atomic E-state index is 13.1. The number of halogens is 2. The number of carboxylic acids is 1. The fraction of sp³-hybridized carbons (Fsp3) is 0.0833. The van der Waals surface area contributed by atoms with Gasteiger partial charge in [-0.2, -0.15) is 0 Å². The Hall–Kier alpha value is -2.77. The van der Waals surface area contributed by atoms with Crippen LogP contribution in [0.3, 0.4) is 0 Å². The van der Waals surface area contributed by atoms with Crippen LogP contribution in [0.5, 0.6) is 0 Å². The van der Waals surface area contributed by atoms with Gasteiger partial charge in [-0.1, -0.05) is 5.16 Å². The van der Waals surface area contributed by atoms with Gasteiger partial charge in [0.25, 0.3) is 5.91 Å². The number of hydrogen-bond donors (Lipinski definition) is 2. The molecular weight excluding hydrogens is 274 g/mol. The molecule has 2 rings (SSSR count). The minimum absolute atomic E-state index is 0.147. The van der Waals surface area contributed by atoms with Gasteiger partial charge in [-0.15, -0.1) is 0 Å². The summed E-state index contributed by atoms with van der Waals surface area (Å²) in [5, 5.41) is 14.4. The van der Waals surface area contributed by atoms with Gasteiger partial charge in [0.05, 0.1) is 17.4 Å². The molecule has 0 aliphatic carbocycles. The summed E-state index contributed by atoms with van der Waals surface area (Å²) in [6, 6.07) is 1.07. The molecule has 1 aromatic heterocycles. The number of aromatic nitrogens is 1. The zero-order valence-corrected chi connectivity index (χ0v) is 10.1. The number of nitrogens with zero attached hydrogens (tertiary/aromatic N) is 1. The monoisotopic (exact) mass is 282 g/mol. The van der Waals surface area contributed by atoms with Crippen LogP contribution >= 0.6 is 0 Å². The topological polar surface area (TPSA) is 92.4 Å². The van der Waals surface area contributed by atoms with E-state index in [-0.39, 0.29) is 11.4 Å². The Balaban J connectivity index is 2.38. The number of aromatic carboxylic acids is 1. The van der Waals surface area contributed by atoms with Crippen LogP contribution in [0.1, 0.15) is 26.5 Å². The predicted molar refractivity (Wildman–Crippen MR) is 62.5 cm³/mol. The minimum atomic E-state index is -1.51. The second-order valence-electron chi connectivity index (χ2n) is 3.91. The van der Waals surface area contributed by atoms with Crippen molar-refractivity contribution in [1.82, 2.24) is 5.16 Å². The molecule has 0 aliphatic heterocycles. The molecule has 0 aliphatic rings. The van der Waals surface area contributed by atoms with Crippen molar-refractivity contribution in [2.75, 3.05) is 5.32 Å². The van der Waals surface area contributed by atoms with E-state index >= 15 is 0 Å². The van der Waals surface area contributed by atoms with Crippen molar-refractivity contribution in [3.05, 3.63) is 46.9 Å². The van der Waals surface area contributed by atoms with E-state index < -0.39 is 29.1 Å². The summed E-state index contributed by atoms with van der Waals surface area (Å²) >= 11 is 0. The lowest BCUT2D eigenvalue weighted by Crippen LogP contribution is -2.15. The van der Waals surface area contributed by atoms with Gasteiger partial charge in [-0.05, 0) is 13.0 Å². The SMILES string of the molecule is Cc1cnoc1C(=O)Nc1cc(F)c(F)cc1C(=O)O. The van der Waals surface area contributed by atoms with Crippen LogP contribution in [0.15, 0.2) is 22.9 Å². The van der Waals surface area contributed by atoms with Crippen molar-refractivity contribution < 1.29 is 28.0 Å². The lowest BCUT2D eigenvalue weighted by molar-refractivity contribution is 0.0697. The van der Waals surface area contributed by atoms with Crippen molar-refractivity contribution in [3.63, 3.8) is 0 Å². The third-order valence-electron chi connectivity index (χ3n) is 2.49. The number of benzene rings is 1. The van der Waals surface area contributed by atoms with Crippen molar-refractivity contribution in [3.8, 4) is 0 Å². The van der Waals surface area contributed by atoms with Crippen LogP contribution in [0.4, 0.5) is 14.5 Å². The van der Waals surface area contributed by atoms with Gasteiger partial charge in [0.2, 0.25) is 5.76 Å². The van der Waals surface area contributed by atoms with Crippen LogP contribution in [-0.4, -0.2) is 22.1 Å². The number of aryl methyl sites for hydroxylation is 1. The summed E-state index contributed by atoms with van der Waals surface area (Å²) in [7, 11) is 0. The van der Waals surface area contributed by atoms with E-state index in [4.69, 9.17) is 5.11 Å². The summed E-state index contributed by atoms with van der Waals surface area (Å²) in [6.45, 7) is 1.55. The molecule has 2 aromatic rings. The molecule has 0 bridgehead atoms. The number of rotatable bonds is 3. The standard InChI is InChI=1S/C12H8F2N2O4/c1-5-4-15-20-10(5)11(17)16-9-3-8(14)7(13)2-6(9)12(18)19/h2-4H,1H3,(H,16,17)(H,18,19). The van der Waals surface area contributed by atoms with Crippen LogP contribution in [0.2, 0.25) is 0 Å². The average molecular weight is 282 g/mol. The summed E-state index contributed by atoms with van der Waals surface area (Å²) in [6.07, 6.45) is 1.29. The molecule has 0 fully saturated rings. The van der Waals surface area contributed by atoms with Crippen LogP contribution in [0, 0.1) is 18.6 Å². The first-order valence-electron chi connectivity index (χ1n) is 5.35. The number of carbonyl (C=O) groups is 2. The Kier molecular flexibility index (Phi) is 3.47. The second kappa shape index (κ2) is 5.08. The fourth-order valence-corrected chi connectivity index (χ4v) is 1.52. The number of hydrogen-bond acceptors (Lipinski definition) is 4. The lowest BCUT2D eigenvalue weighted by Gasteiger charge is -2.08. The molecule has 1 aromatic carbocycles. The summed E-state index contributed by atoms with van der Waals surface area (Å²) < 4.78 is 30.8. The molecular formula is C12H8F2N2O4. The molecule has 0 saturated heterocycles. The maximum atomic E-state index is 13.1. The quantitative estimate of drug-likeness (QED) is 0.900. The summed E-state index contributed by atoms with van der Waals surface area (Å²) in [5.41, 5.74) is -0.534. The zero-order valence-electron chi connectivity index (χ0n) is 10.1. The smallest absolute Gasteiger partial charge is 0.337 e. The Morgan fingerprint density at radius 3 is 2.50 bits per heavy atom. The molecule has 0 spiro atoms. The zero-order chi connectivity index (χ0) is 14.9. The Bertz CT molecular complexity index is 697. The maximum Gasteiger partial charge on any atom is 0.337 e. The van der Waals surface area contributed by atoms with Crippen LogP contribution in [0.25, 0.3) is 0 Å². The molecule has 0 atom stereocenters. The highest BCUT2D eigenvalue weighted by Gasteiger charge is 2.20. The van der Waals surface area contributed by atoms with Gasteiger partial charge in [-0.3, -0.25) is 4.79 Å². The number of carboxylic acid groups (broad SMARTS) is 1. The van der Waals surface area contributed by atoms with E-state index in [0.29, 0.717) is 17.7 Å². The molecule has 0 saturated carbocycles. The van der Waals surface area contributed by atoms with E-state index in [1.54, 1.807) is 6.92 Å². The first-order valence-corrected chi connectivity index (χ1v) is 5.35. The molecule has 6 nitrogen and oxygen atoms in total. The van der Waals surface area contributed by atoms with Crippen molar-refractivity contribution in [2.45, 2.75) is 6.92 Å². The molecule has 0 radical (unpaired) electrons. The van der Waals surface area contributed by atoms with Gasteiger partial charge in [-0.25, -0.2) is 13.6 Å². The molecule has 1 heterocycles. The van der Waals surface area contributed by atoms with Crippen LogP contribution < -0.4 is 5.32 Å². The van der Waals surface area contributed by atoms with E-state index in [9.17, 15) is 18.4 Å². The summed E-state index contributed by atoms with van der Waals surface area (Å²) in [5.74, 6) is -5.07. The molecule has 8 heteroatoms. The Morgan fingerprint density at radius 2 is 1.95 bits per heavy atom. The van der Waals surface area contributed by atoms with E-state index in [0.717, 1.165) is 0 Å². The average Bonchev–Trinajstić information content (AvgIpc) is 2.79. The van der Waals surface area contributed by atoms with Gasteiger partial charge in [0.1, 0.15) is 0 Å². The first kappa shape index (κ1) is 13.7. The fourth-order valence-electron chi connectivity index (χ4n) is 1.52. The lowest BCUT2D eigenvalue weighted by atomic mass is 10.1. The highest BCUT2D eigenvalue weighted by molar-refractivity contribution is 6.06. The number of carbonyl (C=O) groups excluding carboxylic acids is 1. The predicted octanol–water partition coefficient (Wildman–Crippen LogP) is 2.21. The third-order valence-corrected chi connectivity index (χ3v) is 2.49. The third kappa shape index (κ3) is 2.48. The molecule has 20 heavy (non-hydrogen) atoms. The van der Waals surface area contributed by atoms with E-state index in [1.807, 2.05) is 0 Å². The van der Waals surface area contributed by atoms with E-state index in [2.05, 4.69) is 15.0 Å². The minimum Gasteiger partial charge on any atom is -0.478 e. The van der Waals surface area contributed by atoms with Gasteiger partial charge in [0, 0.05) is 11.6 Å². The number of amides is 1. The largest absolute Gasteiger partial charge is 0.478 e. The molecule has 1 amide bonds. The number of nitrogens with one attached hydrogen (secondary N) is 1. The molecule has 104 valence electrons. The van der Waals surface area contributed by atoms with Crippen LogP contribution in [-0.2, 0) is 0 Å². The van der Waals surface area contributed by atoms with Gasteiger partial charge < -0.3 is 14.9 Å². The van der Waals surface area contributed by atoms with Gasteiger partial charge >= 0.3 is 5.97 Å².